The van der Waals surface area contributed by atoms with Gasteiger partial charge in [-0.15, -0.1) is 11.3 Å². The van der Waals surface area contributed by atoms with Gasteiger partial charge in [-0.25, -0.2) is 0 Å². The Balaban J connectivity index is 1.90. The maximum Gasteiger partial charge on any atom is 0.227 e. The molecule has 1 aliphatic rings. The molecule has 1 N–H and O–H groups in total. The van der Waals surface area contributed by atoms with E-state index in [0.29, 0.717) is 6.54 Å². The van der Waals surface area contributed by atoms with Crippen molar-refractivity contribution in [1.82, 2.24) is 10.2 Å². The zero-order valence-corrected chi connectivity index (χ0v) is 11.5. The molecule has 1 fully saturated rings. The molecule has 5 heteroatoms. The van der Waals surface area contributed by atoms with E-state index in [-0.39, 0.29) is 11.8 Å². The predicted octanol–water partition coefficient (Wildman–Crippen LogP) is 2.36. The van der Waals surface area contributed by atoms with E-state index in [1.165, 1.54) is 11.3 Å². The molecule has 0 radical (unpaired) electrons. The summed E-state index contributed by atoms with van der Waals surface area (Å²) in [5.41, 5.74) is 0. The number of hydrogen-bond acceptors (Lipinski definition) is 3. The molecule has 1 atom stereocenters. The van der Waals surface area contributed by atoms with Gasteiger partial charge in [0.1, 0.15) is 0 Å². The summed E-state index contributed by atoms with van der Waals surface area (Å²) in [6.07, 6.45) is 2.09. The van der Waals surface area contributed by atoms with Crippen LogP contribution in [-0.2, 0) is 11.3 Å². The van der Waals surface area contributed by atoms with Crippen LogP contribution < -0.4 is 5.32 Å². The Morgan fingerprint density at radius 1 is 1.65 bits per heavy atom. The van der Waals surface area contributed by atoms with Gasteiger partial charge in [0.25, 0.3) is 0 Å². The Hall–Kier alpha value is -0.580. The highest BCUT2D eigenvalue weighted by atomic mass is 35.5. The van der Waals surface area contributed by atoms with E-state index >= 15 is 0 Å². The monoisotopic (exact) mass is 272 g/mol. The zero-order chi connectivity index (χ0) is 12.3. The molecule has 0 saturated carbocycles. The first-order chi connectivity index (χ1) is 8.16. The average Bonchev–Trinajstić information content (AvgIpc) is 2.75. The minimum absolute atomic E-state index is 0.143. The molecule has 2 heterocycles. The molecule has 0 aliphatic carbocycles. The summed E-state index contributed by atoms with van der Waals surface area (Å²) in [7, 11) is 1.87. The van der Waals surface area contributed by atoms with Gasteiger partial charge in [-0.05, 0) is 31.5 Å². The molecule has 0 unspecified atom stereocenters. The number of piperidine rings is 1. The number of halogens is 1. The summed E-state index contributed by atoms with van der Waals surface area (Å²) in [5.74, 6) is 0.380. The van der Waals surface area contributed by atoms with Gasteiger partial charge in [0, 0.05) is 18.5 Å². The Morgan fingerprint density at radius 3 is 3.06 bits per heavy atom. The van der Waals surface area contributed by atoms with E-state index in [9.17, 15) is 4.79 Å². The Kier molecular flexibility index (Phi) is 4.42. The molecular weight excluding hydrogens is 256 g/mol. The first-order valence-corrected chi connectivity index (χ1v) is 7.06. The van der Waals surface area contributed by atoms with Crippen molar-refractivity contribution in [2.45, 2.75) is 19.4 Å². The third-order valence-corrected chi connectivity index (χ3v) is 4.26. The van der Waals surface area contributed by atoms with Crippen LogP contribution in [0.25, 0.3) is 0 Å². The summed E-state index contributed by atoms with van der Waals surface area (Å²) in [6.45, 7) is 2.51. The Bertz CT molecular complexity index is 388. The standard InChI is InChI=1S/C12H17ClN2OS/c1-15(8-10-4-5-11(13)17-10)12(16)9-3-2-6-14-7-9/h4-5,9,14H,2-3,6-8H2,1H3/t9-/m0/s1. The molecule has 1 aromatic rings. The number of hydrogen-bond donors (Lipinski definition) is 1. The maximum atomic E-state index is 12.2. The average molecular weight is 273 g/mol. The van der Waals surface area contributed by atoms with Crippen molar-refractivity contribution >= 4 is 28.8 Å². The summed E-state index contributed by atoms with van der Waals surface area (Å²) in [5, 5.41) is 3.27. The number of thiophene rings is 1. The van der Waals surface area contributed by atoms with Gasteiger partial charge in [-0.2, -0.15) is 0 Å². The van der Waals surface area contributed by atoms with E-state index in [4.69, 9.17) is 11.6 Å². The SMILES string of the molecule is CN(Cc1ccc(Cl)s1)C(=O)[C@H]1CCCNC1. The van der Waals surface area contributed by atoms with Crippen LogP contribution in [0, 0.1) is 5.92 Å². The molecule has 1 aliphatic heterocycles. The van der Waals surface area contributed by atoms with Crippen LogP contribution in [0.4, 0.5) is 0 Å². The minimum atomic E-state index is 0.143. The van der Waals surface area contributed by atoms with Crippen molar-refractivity contribution in [1.29, 1.82) is 0 Å². The second kappa shape index (κ2) is 5.85. The van der Waals surface area contributed by atoms with Gasteiger partial charge < -0.3 is 10.2 Å². The van der Waals surface area contributed by atoms with E-state index in [1.54, 1.807) is 4.90 Å². The lowest BCUT2D eigenvalue weighted by Crippen LogP contribution is -2.41. The molecule has 94 valence electrons. The Labute approximate surface area is 111 Å². The normalized spacial score (nSPS) is 20.2. The van der Waals surface area contributed by atoms with Crippen molar-refractivity contribution < 1.29 is 4.79 Å². The van der Waals surface area contributed by atoms with Crippen molar-refractivity contribution in [3.05, 3.63) is 21.3 Å². The Morgan fingerprint density at radius 2 is 2.47 bits per heavy atom. The summed E-state index contributed by atoms with van der Waals surface area (Å²) < 4.78 is 0.778. The van der Waals surface area contributed by atoms with E-state index in [1.807, 2.05) is 19.2 Å². The van der Waals surface area contributed by atoms with E-state index < -0.39 is 0 Å². The highest BCUT2D eigenvalue weighted by Crippen LogP contribution is 2.23. The lowest BCUT2D eigenvalue weighted by Gasteiger charge is -2.26. The predicted molar refractivity (Wildman–Crippen MR) is 71.4 cm³/mol. The third-order valence-electron chi connectivity index (χ3n) is 3.04. The van der Waals surface area contributed by atoms with Crippen molar-refractivity contribution in [3.63, 3.8) is 0 Å². The second-order valence-electron chi connectivity index (χ2n) is 4.44. The van der Waals surface area contributed by atoms with Gasteiger partial charge >= 0.3 is 0 Å². The molecule has 2 rings (SSSR count). The first-order valence-electron chi connectivity index (χ1n) is 5.86. The zero-order valence-electron chi connectivity index (χ0n) is 9.91. The lowest BCUT2D eigenvalue weighted by molar-refractivity contribution is -0.135. The number of nitrogens with zero attached hydrogens (tertiary/aromatic N) is 1. The van der Waals surface area contributed by atoms with Crippen LogP contribution in [0.1, 0.15) is 17.7 Å². The smallest absolute Gasteiger partial charge is 0.227 e. The fourth-order valence-corrected chi connectivity index (χ4v) is 3.26. The van der Waals surface area contributed by atoms with Gasteiger partial charge in [0.2, 0.25) is 5.91 Å². The molecule has 3 nitrogen and oxygen atoms in total. The molecule has 0 aromatic carbocycles. The van der Waals surface area contributed by atoms with Crippen LogP contribution >= 0.6 is 22.9 Å². The third kappa shape index (κ3) is 3.44. The van der Waals surface area contributed by atoms with E-state index in [2.05, 4.69) is 5.32 Å². The fraction of sp³-hybridized carbons (Fsp3) is 0.583. The quantitative estimate of drug-likeness (QED) is 0.916. The van der Waals surface area contributed by atoms with Crippen LogP contribution in [0.2, 0.25) is 4.34 Å². The fourth-order valence-electron chi connectivity index (χ4n) is 2.12. The van der Waals surface area contributed by atoms with Crippen molar-refractivity contribution in [3.8, 4) is 0 Å². The van der Waals surface area contributed by atoms with Crippen molar-refractivity contribution in [2.75, 3.05) is 20.1 Å². The van der Waals surface area contributed by atoms with E-state index in [0.717, 1.165) is 35.1 Å². The topological polar surface area (TPSA) is 32.3 Å². The first kappa shape index (κ1) is 12.9. The summed E-state index contributed by atoms with van der Waals surface area (Å²) in [4.78, 5) is 15.1. The maximum absolute atomic E-state index is 12.2. The second-order valence-corrected chi connectivity index (χ2v) is 6.24. The number of carbonyl (C=O) groups excluding carboxylic acids is 1. The van der Waals surface area contributed by atoms with Gasteiger partial charge in [-0.3, -0.25) is 4.79 Å². The molecule has 1 amide bonds. The van der Waals surface area contributed by atoms with Crippen LogP contribution in [0.5, 0.6) is 0 Å². The highest BCUT2D eigenvalue weighted by molar-refractivity contribution is 7.16. The van der Waals surface area contributed by atoms with Gasteiger partial charge in [0.15, 0.2) is 0 Å². The van der Waals surface area contributed by atoms with Crippen LogP contribution in [0.3, 0.4) is 0 Å². The largest absolute Gasteiger partial charge is 0.340 e. The van der Waals surface area contributed by atoms with Crippen LogP contribution in [-0.4, -0.2) is 30.9 Å². The molecular formula is C12H17ClN2OS. The number of nitrogens with one attached hydrogen (secondary N) is 1. The van der Waals surface area contributed by atoms with Crippen LogP contribution in [0.15, 0.2) is 12.1 Å². The minimum Gasteiger partial charge on any atom is -0.340 e. The molecule has 1 aromatic heterocycles. The summed E-state index contributed by atoms with van der Waals surface area (Å²) in [6, 6.07) is 3.86. The van der Waals surface area contributed by atoms with Gasteiger partial charge in [0.05, 0.1) is 16.8 Å². The molecule has 17 heavy (non-hydrogen) atoms. The molecule has 0 spiro atoms. The number of rotatable bonds is 3. The van der Waals surface area contributed by atoms with Crippen molar-refractivity contribution in [2.24, 2.45) is 5.92 Å². The summed E-state index contributed by atoms with van der Waals surface area (Å²) >= 11 is 7.41. The molecule has 1 saturated heterocycles. The number of amides is 1. The lowest BCUT2D eigenvalue weighted by atomic mass is 9.98. The number of carbonyl (C=O) groups is 1. The molecule has 0 bridgehead atoms. The van der Waals surface area contributed by atoms with Gasteiger partial charge in [-0.1, -0.05) is 11.6 Å². The highest BCUT2D eigenvalue weighted by Gasteiger charge is 2.23.